The molecule has 5 heteroatoms. The molecule has 1 atom stereocenters. The monoisotopic (exact) mass is 226 g/mol. The zero-order chi connectivity index (χ0) is 12.3. The van der Waals surface area contributed by atoms with E-state index in [0.717, 1.165) is 7.11 Å². The van der Waals surface area contributed by atoms with E-state index in [1.807, 2.05) is 0 Å². The third-order valence-electron chi connectivity index (χ3n) is 2.26. The zero-order valence-electron chi connectivity index (χ0n) is 9.35. The first kappa shape index (κ1) is 12.3. The summed E-state index contributed by atoms with van der Waals surface area (Å²) in [6.07, 6.45) is -1.51. The van der Waals surface area contributed by atoms with Crippen molar-refractivity contribution >= 4 is 5.97 Å². The number of carbonyl (C=O) groups excluding carboxylic acids is 1. The molecule has 0 fully saturated rings. The van der Waals surface area contributed by atoms with Crippen LogP contribution >= 0.6 is 0 Å². The summed E-state index contributed by atoms with van der Waals surface area (Å²) >= 11 is 0. The van der Waals surface area contributed by atoms with Gasteiger partial charge in [0.15, 0.2) is 6.10 Å². The Morgan fingerprint density at radius 3 is 2.50 bits per heavy atom. The fourth-order valence-electron chi connectivity index (χ4n) is 1.37. The van der Waals surface area contributed by atoms with E-state index in [-0.39, 0.29) is 11.3 Å². The van der Waals surface area contributed by atoms with Gasteiger partial charge in [-0.3, -0.25) is 0 Å². The number of rotatable bonds is 3. The highest BCUT2D eigenvalue weighted by molar-refractivity contribution is 5.77. The summed E-state index contributed by atoms with van der Waals surface area (Å²) in [5.74, 6) is -0.520. The van der Waals surface area contributed by atoms with E-state index >= 15 is 0 Å². The number of phenolic OH excluding ortho intramolecular Hbond substituents is 1. The molecule has 1 rings (SSSR count). The van der Waals surface area contributed by atoms with Crippen molar-refractivity contribution < 1.29 is 24.5 Å². The van der Waals surface area contributed by atoms with Crippen molar-refractivity contribution in [2.24, 2.45) is 0 Å². The number of hydrogen-bond acceptors (Lipinski definition) is 5. The minimum atomic E-state index is -1.51. The average molecular weight is 226 g/mol. The van der Waals surface area contributed by atoms with Gasteiger partial charge < -0.3 is 19.7 Å². The fourth-order valence-corrected chi connectivity index (χ4v) is 1.37. The van der Waals surface area contributed by atoms with Gasteiger partial charge in [0.05, 0.1) is 14.2 Å². The second kappa shape index (κ2) is 4.85. The molecule has 1 aromatic carbocycles. The normalized spacial score (nSPS) is 12.0. The SMILES string of the molecule is COC(=O)C(O)c1cc(OC)c(C)cc1O. The van der Waals surface area contributed by atoms with Gasteiger partial charge in [-0.05, 0) is 24.6 Å². The van der Waals surface area contributed by atoms with Crippen LogP contribution in [0.4, 0.5) is 0 Å². The summed E-state index contributed by atoms with van der Waals surface area (Å²) in [5.41, 5.74) is 0.773. The fraction of sp³-hybridized carbons (Fsp3) is 0.364. The number of carbonyl (C=O) groups is 1. The Labute approximate surface area is 93.2 Å². The van der Waals surface area contributed by atoms with Crippen molar-refractivity contribution in [3.63, 3.8) is 0 Å². The lowest BCUT2D eigenvalue weighted by atomic mass is 10.0. The van der Waals surface area contributed by atoms with Crippen molar-refractivity contribution in [3.05, 3.63) is 23.3 Å². The molecule has 0 aliphatic heterocycles. The smallest absolute Gasteiger partial charge is 0.339 e. The minimum Gasteiger partial charge on any atom is -0.508 e. The second-order valence-electron chi connectivity index (χ2n) is 3.31. The van der Waals surface area contributed by atoms with Crippen LogP contribution in [0.15, 0.2) is 12.1 Å². The topological polar surface area (TPSA) is 76.0 Å². The molecule has 2 N–H and O–H groups in total. The van der Waals surface area contributed by atoms with Crippen LogP contribution in [0.25, 0.3) is 0 Å². The number of aliphatic hydroxyl groups excluding tert-OH is 1. The highest BCUT2D eigenvalue weighted by atomic mass is 16.5. The lowest BCUT2D eigenvalue weighted by Gasteiger charge is -2.13. The summed E-state index contributed by atoms with van der Waals surface area (Å²) in [6.45, 7) is 1.74. The second-order valence-corrected chi connectivity index (χ2v) is 3.31. The molecule has 0 saturated heterocycles. The van der Waals surface area contributed by atoms with Gasteiger partial charge in [-0.15, -0.1) is 0 Å². The predicted octanol–water partition coefficient (Wildman–Crippen LogP) is 0.916. The van der Waals surface area contributed by atoms with Crippen LogP contribution in [0, 0.1) is 6.92 Å². The Morgan fingerprint density at radius 1 is 1.38 bits per heavy atom. The number of phenols is 1. The standard InChI is InChI=1S/C11H14O5/c1-6-4-8(12)7(5-9(6)15-2)10(13)11(14)16-3/h4-5,10,12-13H,1-3H3. The number of esters is 1. The van der Waals surface area contributed by atoms with Crippen molar-refractivity contribution in [1.29, 1.82) is 0 Å². The van der Waals surface area contributed by atoms with Crippen LogP contribution in [0.3, 0.4) is 0 Å². The van der Waals surface area contributed by atoms with Crippen molar-refractivity contribution in [2.45, 2.75) is 13.0 Å². The largest absolute Gasteiger partial charge is 0.508 e. The van der Waals surface area contributed by atoms with Gasteiger partial charge in [0, 0.05) is 5.56 Å². The molecule has 1 unspecified atom stereocenters. The number of benzene rings is 1. The highest BCUT2D eigenvalue weighted by Gasteiger charge is 2.22. The van der Waals surface area contributed by atoms with Gasteiger partial charge >= 0.3 is 5.97 Å². The van der Waals surface area contributed by atoms with E-state index in [4.69, 9.17) is 4.74 Å². The van der Waals surface area contributed by atoms with Crippen LogP contribution in [0.2, 0.25) is 0 Å². The Bertz CT molecular complexity index is 400. The van der Waals surface area contributed by atoms with E-state index in [2.05, 4.69) is 4.74 Å². The van der Waals surface area contributed by atoms with Crippen LogP contribution in [-0.2, 0) is 9.53 Å². The molecule has 0 saturated carbocycles. The molecule has 0 amide bonds. The van der Waals surface area contributed by atoms with E-state index < -0.39 is 12.1 Å². The van der Waals surface area contributed by atoms with Gasteiger partial charge in [0.25, 0.3) is 0 Å². The first-order valence-electron chi connectivity index (χ1n) is 4.64. The van der Waals surface area contributed by atoms with Crippen molar-refractivity contribution in [3.8, 4) is 11.5 Å². The molecule has 0 heterocycles. The maximum Gasteiger partial charge on any atom is 0.339 e. The number of ether oxygens (including phenoxy) is 2. The van der Waals surface area contributed by atoms with Gasteiger partial charge in [0.1, 0.15) is 11.5 Å². The molecule has 1 aromatic rings. The van der Waals surface area contributed by atoms with Crippen LogP contribution in [0.1, 0.15) is 17.2 Å². The number of aromatic hydroxyl groups is 1. The quantitative estimate of drug-likeness (QED) is 0.749. The number of aryl methyl sites for hydroxylation is 1. The van der Waals surface area contributed by atoms with Gasteiger partial charge in [-0.2, -0.15) is 0 Å². The summed E-state index contributed by atoms with van der Waals surface area (Å²) in [4.78, 5) is 11.1. The Balaban J connectivity index is 3.18. The van der Waals surface area contributed by atoms with Crippen LogP contribution in [0.5, 0.6) is 11.5 Å². The molecule has 16 heavy (non-hydrogen) atoms. The van der Waals surface area contributed by atoms with Gasteiger partial charge in [0.2, 0.25) is 0 Å². The van der Waals surface area contributed by atoms with E-state index in [1.54, 1.807) is 6.92 Å². The van der Waals surface area contributed by atoms with Gasteiger partial charge in [-0.25, -0.2) is 4.79 Å². The highest BCUT2D eigenvalue weighted by Crippen LogP contribution is 2.31. The molecule has 88 valence electrons. The first-order valence-corrected chi connectivity index (χ1v) is 4.64. The Morgan fingerprint density at radius 2 is 2.00 bits per heavy atom. The number of aliphatic hydroxyl groups is 1. The maximum absolute atomic E-state index is 11.1. The number of hydrogen-bond donors (Lipinski definition) is 2. The minimum absolute atomic E-state index is 0.0642. The Kier molecular flexibility index (Phi) is 3.73. The molecule has 0 radical (unpaired) electrons. The van der Waals surface area contributed by atoms with E-state index in [9.17, 15) is 15.0 Å². The average Bonchev–Trinajstić information content (AvgIpc) is 2.27. The van der Waals surface area contributed by atoms with E-state index in [0.29, 0.717) is 11.3 Å². The molecule has 0 aliphatic carbocycles. The lowest BCUT2D eigenvalue weighted by Crippen LogP contribution is -2.13. The van der Waals surface area contributed by atoms with Crippen LogP contribution in [-0.4, -0.2) is 30.4 Å². The molecule has 5 nitrogen and oxygen atoms in total. The molecular formula is C11H14O5. The summed E-state index contributed by atoms with van der Waals surface area (Å²) in [7, 11) is 2.63. The van der Waals surface area contributed by atoms with E-state index in [1.165, 1.54) is 19.2 Å². The van der Waals surface area contributed by atoms with Crippen molar-refractivity contribution in [1.82, 2.24) is 0 Å². The molecule has 0 aliphatic rings. The molecule has 0 spiro atoms. The van der Waals surface area contributed by atoms with Crippen LogP contribution < -0.4 is 4.74 Å². The molecule has 0 aromatic heterocycles. The Hall–Kier alpha value is -1.75. The lowest BCUT2D eigenvalue weighted by molar-refractivity contribution is -0.150. The third-order valence-corrected chi connectivity index (χ3v) is 2.26. The maximum atomic E-state index is 11.1. The molecule has 0 bridgehead atoms. The van der Waals surface area contributed by atoms with Gasteiger partial charge in [-0.1, -0.05) is 0 Å². The summed E-state index contributed by atoms with van der Waals surface area (Å²) < 4.78 is 9.41. The molecular weight excluding hydrogens is 212 g/mol. The van der Waals surface area contributed by atoms with Crippen molar-refractivity contribution in [2.75, 3.05) is 14.2 Å². The third kappa shape index (κ3) is 2.25. The summed E-state index contributed by atoms with van der Waals surface area (Å²) in [5, 5.41) is 19.2. The summed E-state index contributed by atoms with van der Waals surface area (Å²) in [6, 6.07) is 2.83. The zero-order valence-corrected chi connectivity index (χ0v) is 9.35. The predicted molar refractivity (Wildman–Crippen MR) is 56.4 cm³/mol. The number of methoxy groups -OCH3 is 2. The first-order chi connectivity index (χ1) is 7.51.